The van der Waals surface area contributed by atoms with Gasteiger partial charge in [0.2, 0.25) is 0 Å². The number of fused-ring (bicyclic) bond motifs is 1. The monoisotopic (exact) mass is 264 g/mol. The number of aliphatic carboxylic acids is 1. The van der Waals surface area contributed by atoms with E-state index >= 15 is 0 Å². The zero-order chi connectivity index (χ0) is 13.8. The second-order valence-electron chi connectivity index (χ2n) is 5.06. The Morgan fingerprint density at radius 3 is 2.74 bits per heavy atom. The Bertz CT molecular complexity index is 465. The van der Waals surface area contributed by atoms with Crippen molar-refractivity contribution in [3.8, 4) is 11.5 Å². The highest BCUT2D eigenvalue weighted by molar-refractivity contribution is 5.66. The molecule has 0 spiro atoms. The molecule has 0 amide bonds. The molecular formula is C15H20O4. The molecule has 4 heteroatoms. The predicted molar refractivity (Wildman–Crippen MR) is 72.1 cm³/mol. The van der Waals surface area contributed by atoms with Crippen LogP contribution in [0.15, 0.2) is 12.1 Å². The first-order valence-corrected chi connectivity index (χ1v) is 6.72. The van der Waals surface area contributed by atoms with Crippen LogP contribution in [0, 0.1) is 0 Å². The minimum absolute atomic E-state index is 0.200. The van der Waals surface area contributed by atoms with Gasteiger partial charge in [0.05, 0.1) is 0 Å². The molecule has 0 fully saturated rings. The van der Waals surface area contributed by atoms with Gasteiger partial charge in [0.25, 0.3) is 0 Å². The molecule has 19 heavy (non-hydrogen) atoms. The molecule has 0 saturated heterocycles. The number of rotatable bonds is 5. The third-order valence-electron chi connectivity index (χ3n) is 3.25. The van der Waals surface area contributed by atoms with Crippen molar-refractivity contribution in [2.75, 3.05) is 13.2 Å². The van der Waals surface area contributed by atoms with Crippen molar-refractivity contribution < 1.29 is 19.4 Å². The standard InChI is InChI=1S/C15H20O4/c1-10(2)14-11(4-3-5-13(16)17)6-7-12-15(14)19-9-8-18-12/h6-7,10H,3-5,8-9H2,1-2H3,(H,16,17). The molecule has 4 nitrogen and oxygen atoms in total. The van der Waals surface area contributed by atoms with E-state index in [0.717, 1.165) is 23.5 Å². The summed E-state index contributed by atoms with van der Waals surface area (Å²) >= 11 is 0. The molecule has 0 atom stereocenters. The number of carboxylic acids is 1. The van der Waals surface area contributed by atoms with Crippen LogP contribution in [0.25, 0.3) is 0 Å². The highest BCUT2D eigenvalue weighted by atomic mass is 16.6. The summed E-state index contributed by atoms with van der Waals surface area (Å²) in [6, 6.07) is 3.96. The molecule has 1 heterocycles. The first-order chi connectivity index (χ1) is 9.09. The van der Waals surface area contributed by atoms with Crippen LogP contribution in [0.3, 0.4) is 0 Å². The van der Waals surface area contributed by atoms with E-state index in [1.54, 1.807) is 0 Å². The molecule has 1 aliphatic heterocycles. The van der Waals surface area contributed by atoms with Gasteiger partial charge in [-0.3, -0.25) is 4.79 Å². The van der Waals surface area contributed by atoms with Gasteiger partial charge in [-0.05, 0) is 30.4 Å². The summed E-state index contributed by atoms with van der Waals surface area (Å²) in [5.41, 5.74) is 2.32. The fourth-order valence-corrected chi connectivity index (χ4v) is 2.46. The highest BCUT2D eigenvalue weighted by Crippen LogP contribution is 2.40. The lowest BCUT2D eigenvalue weighted by Crippen LogP contribution is -2.17. The lowest BCUT2D eigenvalue weighted by Gasteiger charge is -2.25. The third-order valence-corrected chi connectivity index (χ3v) is 3.25. The molecule has 1 aromatic rings. The average molecular weight is 264 g/mol. The van der Waals surface area contributed by atoms with Crippen molar-refractivity contribution in [3.05, 3.63) is 23.3 Å². The molecule has 1 aliphatic rings. The highest BCUT2D eigenvalue weighted by Gasteiger charge is 2.21. The SMILES string of the molecule is CC(C)c1c(CCCC(=O)O)ccc2c1OCCO2. The number of hydrogen-bond acceptors (Lipinski definition) is 3. The number of aryl methyl sites for hydroxylation is 1. The molecule has 0 radical (unpaired) electrons. The van der Waals surface area contributed by atoms with E-state index in [9.17, 15) is 4.79 Å². The van der Waals surface area contributed by atoms with Gasteiger partial charge in [0, 0.05) is 12.0 Å². The smallest absolute Gasteiger partial charge is 0.303 e. The van der Waals surface area contributed by atoms with Gasteiger partial charge in [-0.25, -0.2) is 0 Å². The summed E-state index contributed by atoms with van der Waals surface area (Å²) in [6.07, 6.45) is 1.61. The summed E-state index contributed by atoms with van der Waals surface area (Å²) in [4.78, 5) is 10.6. The molecule has 2 rings (SSSR count). The number of carbonyl (C=O) groups is 1. The van der Waals surface area contributed by atoms with Gasteiger partial charge in [-0.15, -0.1) is 0 Å². The van der Waals surface area contributed by atoms with Crippen molar-refractivity contribution in [1.82, 2.24) is 0 Å². The Labute approximate surface area is 113 Å². The van der Waals surface area contributed by atoms with E-state index in [2.05, 4.69) is 13.8 Å². The number of ether oxygens (including phenoxy) is 2. The lowest BCUT2D eigenvalue weighted by molar-refractivity contribution is -0.137. The van der Waals surface area contributed by atoms with Gasteiger partial charge in [0.15, 0.2) is 11.5 Å². The number of carboxylic acid groups (broad SMARTS) is 1. The van der Waals surface area contributed by atoms with Crippen LogP contribution in [0.5, 0.6) is 11.5 Å². The van der Waals surface area contributed by atoms with Crippen molar-refractivity contribution in [2.45, 2.75) is 39.0 Å². The van der Waals surface area contributed by atoms with E-state index in [-0.39, 0.29) is 6.42 Å². The van der Waals surface area contributed by atoms with E-state index < -0.39 is 5.97 Å². The van der Waals surface area contributed by atoms with Crippen molar-refractivity contribution >= 4 is 5.97 Å². The predicted octanol–water partition coefficient (Wildman–Crippen LogP) is 2.99. The Morgan fingerprint density at radius 2 is 2.05 bits per heavy atom. The summed E-state index contributed by atoms with van der Waals surface area (Å²) < 4.78 is 11.3. The van der Waals surface area contributed by atoms with Crippen molar-refractivity contribution in [1.29, 1.82) is 0 Å². The van der Waals surface area contributed by atoms with Crippen LogP contribution in [-0.4, -0.2) is 24.3 Å². The molecular weight excluding hydrogens is 244 g/mol. The fourth-order valence-electron chi connectivity index (χ4n) is 2.46. The maximum Gasteiger partial charge on any atom is 0.303 e. The minimum atomic E-state index is -0.747. The maximum atomic E-state index is 10.6. The second-order valence-corrected chi connectivity index (χ2v) is 5.06. The van der Waals surface area contributed by atoms with Crippen LogP contribution >= 0.6 is 0 Å². The molecule has 1 N–H and O–H groups in total. The molecule has 0 aromatic heterocycles. The summed E-state index contributed by atoms with van der Waals surface area (Å²) in [5.74, 6) is 1.23. The maximum absolute atomic E-state index is 10.6. The van der Waals surface area contributed by atoms with E-state index in [1.165, 1.54) is 5.56 Å². The lowest BCUT2D eigenvalue weighted by atomic mass is 9.92. The normalized spacial score (nSPS) is 13.6. The summed E-state index contributed by atoms with van der Waals surface area (Å²) in [6.45, 7) is 5.40. The van der Waals surface area contributed by atoms with Gasteiger partial charge in [-0.1, -0.05) is 19.9 Å². The molecule has 0 bridgehead atoms. The third kappa shape index (κ3) is 3.19. The first kappa shape index (κ1) is 13.7. The molecule has 0 unspecified atom stereocenters. The van der Waals surface area contributed by atoms with Crippen molar-refractivity contribution in [3.63, 3.8) is 0 Å². The topological polar surface area (TPSA) is 55.8 Å². The van der Waals surface area contributed by atoms with Gasteiger partial charge >= 0.3 is 5.97 Å². The summed E-state index contributed by atoms with van der Waals surface area (Å²) in [5, 5.41) is 8.72. The fraction of sp³-hybridized carbons (Fsp3) is 0.533. The first-order valence-electron chi connectivity index (χ1n) is 6.72. The molecule has 104 valence electrons. The van der Waals surface area contributed by atoms with E-state index in [4.69, 9.17) is 14.6 Å². The Kier molecular flexibility index (Phi) is 4.30. The number of hydrogen-bond donors (Lipinski definition) is 1. The quantitative estimate of drug-likeness (QED) is 0.888. The van der Waals surface area contributed by atoms with Gasteiger partial charge in [-0.2, -0.15) is 0 Å². The second kappa shape index (κ2) is 5.95. The molecule has 0 saturated carbocycles. The van der Waals surface area contributed by atoms with Crippen LogP contribution in [-0.2, 0) is 11.2 Å². The Hall–Kier alpha value is -1.71. The average Bonchev–Trinajstić information content (AvgIpc) is 2.37. The van der Waals surface area contributed by atoms with E-state index in [0.29, 0.717) is 25.6 Å². The van der Waals surface area contributed by atoms with Crippen LogP contribution in [0.4, 0.5) is 0 Å². The number of benzene rings is 1. The van der Waals surface area contributed by atoms with Crippen LogP contribution in [0.2, 0.25) is 0 Å². The Morgan fingerprint density at radius 1 is 1.32 bits per heavy atom. The minimum Gasteiger partial charge on any atom is -0.486 e. The Balaban J connectivity index is 2.24. The zero-order valence-electron chi connectivity index (χ0n) is 11.4. The molecule has 1 aromatic carbocycles. The van der Waals surface area contributed by atoms with Crippen molar-refractivity contribution in [2.24, 2.45) is 0 Å². The van der Waals surface area contributed by atoms with Crippen LogP contribution < -0.4 is 9.47 Å². The van der Waals surface area contributed by atoms with E-state index in [1.807, 2.05) is 12.1 Å². The van der Waals surface area contributed by atoms with Gasteiger partial charge in [0.1, 0.15) is 13.2 Å². The van der Waals surface area contributed by atoms with Gasteiger partial charge < -0.3 is 14.6 Å². The largest absolute Gasteiger partial charge is 0.486 e. The summed E-state index contributed by atoms with van der Waals surface area (Å²) in [7, 11) is 0. The molecule has 0 aliphatic carbocycles. The zero-order valence-corrected chi connectivity index (χ0v) is 11.4. The van der Waals surface area contributed by atoms with Crippen LogP contribution in [0.1, 0.15) is 43.7 Å².